The molecule has 3 rings (SSSR count). The number of piperazine rings is 1. The summed E-state index contributed by atoms with van der Waals surface area (Å²) < 4.78 is 5.70. The van der Waals surface area contributed by atoms with Crippen LogP contribution in [0.5, 0.6) is 5.75 Å². The average Bonchev–Trinajstić information content (AvgIpc) is 2.62. The lowest BCUT2D eigenvalue weighted by atomic mass is 10.1. The molecular formula is C18H23N5O3. The van der Waals surface area contributed by atoms with E-state index in [-0.39, 0.29) is 24.0 Å². The number of benzene rings is 1. The molecule has 3 N–H and O–H groups in total. The number of carbonyl (C=O) groups is 1. The maximum absolute atomic E-state index is 12.4. The third kappa shape index (κ3) is 3.96. The van der Waals surface area contributed by atoms with E-state index in [2.05, 4.69) is 9.97 Å². The van der Waals surface area contributed by atoms with Crippen molar-refractivity contribution in [2.24, 2.45) is 0 Å². The lowest BCUT2D eigenvalue weighted by molar-refractivity contribution is -0.133. The van der Waals surface area contributed by atoms with Gasteiger partial charge in [0.15, 0.2) is 6.61 Å². The van der Waals surface area contributed by atoms with Crippen molar-refractivity contribution in [3.63, 3.8) is 0 Å². The van der Waals surface area contributed by atoms with Gasteiger partial charge in [0.05, 0.1) is 0 Å². The number of nitrogen functional groups attached to an aromatic ring is 1. The minimum absolute atomic E-state index is 0.0144. The number of nitrogens with one attached hydrogen (secondary N) is 1. The number of nitrogens with two attached hydrogens (primary N) is 1. The van der Waals surface area contributed by atoms with Gasteiger partial charge < -0.3 is 20.3 Å². The van der Waals surface area contributed by atoms with E-state index in [0.29, 0.717) is 32.0 Å². The van der Waals surface area contributed by atoms with Gasteiger partial charge in [-0.25, -0.2) is 0 Å². The van der Waals surface area contributed by atoms with Crippen LogP contribution in [0, 0.1) is 13.8 Å². The van der Waals surface area contributed by atoms with E-state index in [0.717, 1.165) is 16.9 Å². The van der Waals surface area contributed by atoms with E-state index in [9.17, 15) is 9.59 Å². The Bertz CT molecular complexity index is 856. The molecule has 0 spiro atoms. The van der Waals surface area contributed by atoms with Crippen molar-refractivity contribution in [2.75, 3.05) is 43.4 Å². The predicted molar refractivity (Wildman–Crippen MR) is 99.5 cm³/mol. The summed E-state index contributed by atoms with van der Waals surface area (Å²) >= 11 is 0. The summed E-state index contributed by atoms with van der Waals surface area (Å²) in [6, 6.07) is 7.22. The van der Waals surface area contributed by atoms with Crippen molar-refractivity contribution in [3.8, 4) is 5.75 Å². The van der Waals surface area contributed by atoms with Gasteiger partial charge in [0.2, 0.25) is 5.95 Å². The Hall–Kier alpha value is -3.03. The number of ether oxygens (including phenoxy) is 1. The van der Waals surface area contributed by atoms with Crippen molar-refractivity contribution in [2.45, 2.75) is 13.8 Å². The summed E-state index contributed by atoms with van der Waals surface area (Å²) in [5, 5.41) is 0. The molecule has 0 unspecified atom stereocenters. The van der Waals surface area contributed by atoms with Crippen LogP contribution in [0.25, 0.3) is 0 Å². The molecular weight excluding hydrogens is 334 g/mol. The highest BCUT2D eigenvalue weighted by atomic mass is 16.5. The number of aromatic nitrogens is 2. The number of anilines is 2. The molecule has 0 atom stereocenters. The van der Waals surface area contributed by atoms with Gasteiger partial charge >= 0.3 is 0 Å². The molecule has 1 aromatic carbocycles. The molecule has 8 heteroatoms. The molecule has 0 radical (unpaired) electrons. The van der Waals surface area contributed by atoms with Crippen LogP contribution in [0.3, 0.4) is 0 Å². The highest BCUT2D eigenvalue weighted by Gasteiger charge is 2.22. The lowest BCUT2D eigenvalue weighted by Gasteiger charge is -2.35. The van der Waals surface area contributed by atoms with Gasteiger partial charge in [-0.1, -0.05) is 12.1 Å². The minimum atomic E-state index is -0.284. The lowest BCUT2D eigenvalue weighted by Crippen LogP contribution is -2.50. The highest BCUT2D eigenvalue weighted by Crippen LogP contribution is 2.20. The number of hydrogen-bond donors (Lipinski definition) is 2. The fraction of sp³-hybridized carbons (Fsp3) is 0.389. The summed E-state index contributed by atoms with van der Waals surface area (Å²) in [7, 11) is 0. The Morgan fingerprint density at radius 2 is 2.00 bits per heavy atom. The fourth-order valence-electron chi connectivity index (χ4n) is 2.92. The van der Waals surface area contributed by atoms with E-state index < -0.39 is 0 Å². The summed E-state index contributed by atoms with van der Waals surface area (Å²) in [6.45, 7) is 6.27. The van der Waals surface area contributed by atoms with Crippen LogP contribution in [-0.4, -0.2) is 53.6 Å². The van der Waals surface area contributed by atoms with Gasteiger partial charge in [0.1, 0.15) is 11.6 Å². The minimum Gasteiger partial charge on any atom is -0.483 e. The van der Waals surface area contributed by atoms with Crippen molar-refractivity contribution >= 4 is 17.7 Å². The molecule has 1 aromatic heterocycles. The van der Waals surface area contributed by atoms with Crippen molar-refractivity contribution < 1.29 is 9.53 Å². The molecule has 1 fully saturated rings. The van der Waals surface area contributed by atoms with Crippen LogP contribution in [0.2, 0.25) is 0 Å². The zero-order chi connectivity index (χ0) is 18.7. The second kappa shape index (κ2) is 7.47. The first-order valence-corrected chi connectivity index (χ1v) is 8.52. The second-order valence-corrected chi connectivity index (χ2v) is 6.34. The Morgan fingerprint density at radius 1 is 1.27 bits per heavy atom. The van der Waals surface area contributed by atoms with Gasteiger partial charge in [0.25, 0.3) is 11.5 Å². The number of aryl methyl sites for hydroxylation is 1. The Kier molecular flexibility index (Phi) is 5.11. The summed E-state index contributed by atoms with van der Waals surface area (Å²) in [4.78, 5) is 34.2. The SMILES string of the molecule is Cc1cccc(OCC(=O)N2CCN(c3cc(=O)[nH]c(N)n3)CC2)c1C. The average molecular weight is 357 g/mol. The maximum Gasteiger partial charge on any atom is 0.260 e. The molecule has 26 heavy (non-hydrogen) atoms. The van der Waals surface area contributed by atoms with Crippen molar-refractivity contribution in [3.05, 3.63) is 45.7 Å². The maximum atomic E-state index is 12.4. The number of amides is 1. The van der Waals surface area contributed by atoms with Gasteiger partial charge in [-0.05, 0) is 31.0 Å². The van der Waals surface area contributed by atoms with Crippen LogP contribution in [0.4, 0.5) is 11.8 Å². The fourth-order valence-corrected chi connectivity index (χ4v) is 2.92. The van der Waals surface area contributed by atoms with E-state index in [1.165, 1.54) is 6.07 Å². The summed E-state index contributed by atoms with van der Waals surface area (Å²) in [6.07, 6.45) is 0. The summed E-state index contributed by atoms with van der Waals surface area (Å²) in [5.74, 6) is 1.31. The number of aromatic amines is 1. The van der Waals surface area contributed by atoms with Gasteiger partial charge in [-0.2, -0.15) is 4.98 Å². The van der Waals surface area contributed by atoms with Crippen LogP contribution < -0.4 is 20.9 Å². The van der Waals surface area contributed by atoms with Gasteiger partial charge in [0, 0.05) is 32.2 Å². The predicted octanol–water partition coefficient (Wildman–Crippen LogP) is 0.697. The molecule has 0 bridgehead atoms. The van der Waals surface area contributed by atoms with E-state index in [1.54, 1.807) is 4.90 Å². The van der Waals surface area contributed by atoms with E-state index >= 15 is 0 Å². The van der Waals surface area contributed by atoms with E-state index in [1.807, 2.05) is 36.9 Å². The molecule has 8 nitrogen and oxygen atoms in total. The quantitative estimate of drug-likeness (QED) is 0.834. The monoisotopic (exact) mass is 357 g/mol. The standard InChI is InChI=1S/C18H23N5O3/c1-12-4-3-5-14(13(12)2)26-11-17(25)23-8-6-22(7-9-23)15-10-16(24)21-18(19)20-15/h3-5,10H,6-9,11H2,1-2H3,(H3,19,20,21,24). The third-order valence-electron chi connectivity index (χ3n) is 4.61. The second-order valence-electron chi connectivity index (χ2n) is 6.34. The molecule has 1 amide bonds. The van der Waals surface area contributed by atoms with Gasteiger partial charge in [-0.15, -0.1) is 0 Å². The van der Waals surface area contributed by atoms with Crippen LogP contribution >= 0.6 is 0 Å². The Labute approximate surface area is 151 Å². The Balaban J connectivity index is 1.55. The largest absolute Gasteiger partial charge is 0.483 e. The number of nitrogens with zero attached hydrogens (tertiary/aromatic N) is 3. The smallest absolute Gasteiger partial charge is 0.260 e. The normalized spacial score (nSPS) is 14.4. The van der Waals surface area contributed by atoms with Crippen LogP contribution in [0.15, 0.2) is 29.1 Å². The highest BCUT2D eigenvalue weighted by molar-refractivity contribution is 5.78. The molecule has 138 valence electrons. The van der Waals surface area contributed by atoms with E-state index in [4.69, 9.17) is 10.5 Å². The Morgan fingerprint density at radius 3 is 2.69 bits per heavy atom. The first-order chi connectivity index (χ1) is 12.4. The molecule has 1 saturated heterocycles. The molecule has 2 aromatic rings. The zero-order valence-corrected chi connectivity index (χ0v) is 15.0. The number of hydrogen-bond acceptors (Lipinski definition) is 6. The number of H-pyrrole nitrogens is 1. The van der Waals surface area contributed by atoms with Gasteiger partial charge in [-0.3, -0.25) is 14.6 Å². The van der Waals surface area contributed by atoms with Crippen LogP contribution in [0.1, 0.15) is 11.1 Å². The van der Waals surface area contributed by atoms with Crippen LogP contribution in [-0.2, 0) is 4.79 Å². The molecule has 1 aliphatic heterocycles. The van der Waals surface area contributed by atoms with Crippen molar-refractivity contribution in [1.29, 1.82) is 0 Å². The summed E-state index contributed by atoms with van der Waals surface area (Å²) in [5.41, 5.74) is 7.48. The van der Waals surface area contributed by atoms with Crippen molar-refractivity contribution in [1.82, 2.24) is 14.9 Å². The molecule has 2 heterocycles. The topological polar surface area (TPSA) is 105 Å². The number of rotatable bonds is 4. The first-order valence-electron chi connectivity index (χ1n) is 8.52. The molecule has 1 aliphatic rings. The zero-order valence-electron chi connectivity index (χ0n) is 15.0. The number of carbonyl (C=O) groups excluding carboxylic acids is 1. The third-order valence-corrected chi connectivity index (χ3v) is 4.61. The first kappa shape index (κ1) is 17.8. The molecule has 0 saturated carbocycles. The molecule has 0 aliphatic carbocycles.